The molecule has 0 aliphatic rings. The summed E-state index contributed by atoms with van der Waals surface area (Å²) in [4.78, 5) is 13.7. The molecule has 0 fully saturated rings. The Morgan fingerprint density at radius 3 is 2.03 bits per heavy atom. The highest BCUT2D eigenvalue weighted by atomic mass is 16.2. The first-order valence-electron chi connectivity index (χ1n) is 9.30. The number of nitrogens with zero attached hydrogens (tertiary/aromatic N) is 4. The maximum Gasteiger partial charge on any atom is 0.263 e. The molecule has 0 radical (unpaired) electrons. The normalized spacial score (nSPS) is 11.6. The number of carbonyl (C=O) groups excluding carboxylic acids is 1. The van der Waals surface area contributed by atoms with Gasteiger partial charge in [-0.3, -0.25) is 4.79 Å². The third kappa shape index (κ3) is 3.32. The van der Waals surface area contributed by atoms with E-state index in [1.807, 2.05) is 48.5 Å². The van der Waals surface area contributed by atoms with Gasteiger partial charge in [-0.2, -0.15) is 20.1 Å². The Bertz CT molecular complexity index is 1300. The summed E-state index contributed by atoms with van der Waals surface area (Å²) < 4.78 is 0. The Kier molecular flexibility index (Phi) is 4.22. The van der Waals surface area contributed by atoms with E-state index in [9.17, 15) is 4.79 Å². The molecule has 5 aromatic rings. The molecule has 0 aliphatic carbocycles. The van der Waals surface area contributed by atoms with Crippen molar-refractivity contribution in [2.45, 2.75) is 6.54 Å². The molecule has 0 unspecified atom stereocenters. The van der Waals surface area contributed by atoms with E-state index in [0.29, 0.717) is 0 Å². The Balaban J connectivity index is 1.40. The predicted octanol–water partition coefficient (Wildman–Crippen LogP) is 3.89. The van der Waals surface area contributed by atoms with Gasteiger partial charge >= 0.3 is 0 Å². The molecule has 29 heavy (non-hydrogen) atoms. The van der Waals surface area contributed by atoms with Crippen molar-refractivity contribution in [1.29, 1.82) is 0 Å². The summed E-state index contributed by atoms with van der Waals surface area (Å²) in [6.07, 6.45) is 1.70. The van der Waals surface area contributed by atoms with Gasteiger partial charge < -0.3 is 0 Å². The topological polar surface area (TPSA) is 72.2 Å². The molecule has 4 aromatic carbocycles. The molecule has 140 valence electrons. The largest absolute Gasteiger partial charge is 0.271 e. The molecule has 0 atom stereocenters. The predicted molar refractivity (Wildman–Crippen MR) is 115 cm³/mol. The lowest BCUT2D eigenvalue weighted by atomic mass is 9.97. The average molecular weight is 379 g/mol. The number of rotatable bonds is 4. The molecule has 6 nitrogen and oxygen atoms in total. The van der Waals surface area contributed by atoms with Crippen molar-refractivity contribution in [2.24, 2.45) is 5.10 Å². The van der Waals surface area contributed by atoms with Gasteiger partial charge in [-0.05, 0) is 39.7 Å². The van der Waals surface area contributed by atoms with Crippen LogP contribution in [-0.4, -0.2) is 27.1 Å². The fourth-order valence-corrected chi connectivity index (χ4v) is 3.50. The number of aromatic nitrogens is 3. The summed E-state index contributed by atoms with van der Waals surface area (Å²) in [5.41, 5.74) is 5.07. The number of benzene rings is 4. The molecule has 1 heterocycles. The number of nitrogens with one attached hydrogen (secondary N) is 1. The second kappa shape index (κ2) is 7.16. The highest BCUT2D eigenvalue weighted by molar-refractivity contribution is 6.13. The van der Waals surface area contributed by atoms with Crippen LogP contribution in [0.3, 0.4) is 0 Å². The molecule has 0 saturated carbocycles. The van der Waals surface area contributed by atoms with Gasteiger partial charge in [-0.25, -0.2) is 5.43 Å². The van der Waals surface area contributed by atoms with Crippen molar-refractivity contribution in [3.05, 3.63) is 84.4 Å². The van der Waals surface area contributed by atoms with E-state index >= 15 is 0 Å². The van der Waals surface area contributed by atoms with Gasteiger partial charge in [0.25, 0.3) is 5.91 Å². The van der Waals surface area contributed by atoms with Crippen LogP contribution in [0.5, 0.6) is 0 Å². The van der Waals surface area contributed by atoms with Crippen LogP contribution in [0.15, 0.2) is 84.0 Å². The Morgan fingerprint density at radius 2 is 1.41 bits per heavy atom. The first-order chi connectivity index (χ1) is 14.3. The maximum absolute atomic E-state index is 12.3. The van der Waals surface area contributed by atoms with E-state index < -0.39 is 0 Å². The van der Waals surface area contributed by atoms with Gasteiger partial charge in [-0.1, -0.05) is 60.7 Å². The molecule has 1 N–H and O–H groups in total. The van der Waals surface area contributed by atoms with Crippen molar-refractivity contribution in [3.8, 4) is 0 Å². The van der Waals surface area contributed by atoms with E-state index in [4.69, 9.17) is 0 Å². The van der Waals surface area contributed by atoms with Gasteiger partial charge in [0.2, 0.25) is 0 Å². The van der Waals surface area contributed by atoms with E-state index in [-0.39, 0.29) is 12.5 Å². The quantitative estimate of drug-likeness (QED) is 0.293. The summed E-state index contributed by atoms with van der Waals surface area (Å²) in [6, 6.07) is 26.0. The molecule has 0 saturated heterocycles. The number of hydrazone groups is 1. The molecule has 0 bridgehead atoms. The lowest BCUT2D eigenvalue weighted by Crippen LogP contribution is -2.24. The number of amides is 1. The third-order valence-electron chi connectivity index (χ3n) is 4.81. The zero-order valence-corrected chi connectivity index (χ0v) is 15.5. The second-order valence-corrected chi connectivity index (χ2v) is 6.74. The maximum atomic E-state index is 12.3. The highest BCUT2D eigenvalue weighted by Gasteiger charge is 2.08. The van der Waals surface area contributed by atoms with E-state index in [2.05, 4.69) is 51.1 Å². The van der Waals surface area contributed by atoms with Gasteiger partial charge in [0.1, 0.15) is 17.6 Å². The van der Waals surface area contributed by atoms with Crippen LogP contribution in [0.25, 0.3) is 32.6 Å². The highest BCUT2D eigenvalue weighted by Crippen LogP contribution is 2.27. The van der Waals surface area contributed by atoms with Gasteiger partial charge in [0.05, 0.1) is 6.21 Å². The van der Waals surface area contributed by atoms with Crippen LogP contribution in [0.2, 0.25) is 0 Å². The van der Waals surface area contributed by atoms with Crippen LogP contribution in [0, 0.1) is 0 Å². The van der Waals surface area contributed by atoms with Crippen molar-refractivity contribution in [1.82, 2.24) is 20.4 Å². The first kappa shape index (κ1) is 17.1. The van der Waals surface area contributed by atoms with E-state index in [1.165, 1.54) is 4.80 Å². The first-order valence-corrected chi connectivity index (χ1v) is 9.30. The smallest absolute Gasteiger partial charge is 0.263 e. The molecule has 5 rings (SSSR count). The summed E-state index contributed by atoms with van der Waals surface area (Å²) in [5.74, 6) is -0.286. The number of hydrogen-bond donors (Lipinski definition) is 1. The second-order valence-electron chi connectivity index (χ2n) is 6.74. The summed E-state index contributed by atoms with van der Waals surface area (Å²) in [7, 11) is 0. The number of hydrogen-bond acceptors (Lipinski definition) is 4. The zero-order chi connectivity index (χ0) is 19.6. The van der Waals surface area contributed by atoms with Crippen LogP contribution < -0.4 is 5.43 Å². The fourth-order valence-electron chi connectivity index (χ4n) is 3.50. The lowest BCUT2D eigenvalue weighted by molar-refractivity contribution is -0.122. The molecule has 1 aromatic heterocycles. The monoisotopic (exact) mass is 379 g/mol. The zero-order valence-electron chi connectivity index (χ0n) is 15.5. The van der Waals surface area contributed by atoms with Crippen molar-refractivity contribution >= 4 is 44.7 Å². The van der Waals surface area contributed by atoms with Crippen molar-refractivity contribution in [3.63, 3.8) is 0 Å². The fraction of sp³-hybridized carbons (Fsp3) is 0.0435. The van der Waals surface area contributed by atoms with Crippen LogP contribution in [0.4, 0.5) is 0 Å². The molecular formula is C23H17N5O. The van der Waals surface area contributed by atoms with Crippen molar-refractivity contribution in [2.75, 3.05) is 0 Å². The third-order valence-corrected chi connectivity index (χ3v) is 4.81. The minimum absolute atomic E-state index is 0.00229. The molecule has 0 aliphatic heterocycles. The van der Waals surface area contributed by atoms with Crippen molar-refractivity contribution < 1.29 is 4.79 Å². The van der Waals surface area contributed by atoms with Gasteiger partial charge in [0.15, 0.2) is 0 Å². The summed E-state index contributed by atoms with van der Waals surface area (Å²) >= 11 is 0. The average Bonchev–Trinajstić information content (AvgIpc) is 3.15. The van der Waals surface area contributed by atoms with E-state index in [0.717, 1.165) is 38.1 Å². The Labute approximate surface area is 166 Å². The van der Waals surface area contributed by atoms with E-state index in [1.54, 1.807) is 6.21 Å². The Morgan fingerprint density at radius 1 is 0.862 bits per heavy atom. The minimum Gasteiger partial charge on any atom is -0.271 e. The standard InChI is InChI=1S/C23H17N5O/c29-23(15-28-26-21-11-5-6-12-22(21)27-28)25-24-14-20-18-9-3-1-7-16(18)13-17-8-2-4-10-19(17)20/h1-14H,15H2,(H,25,29)/b24-14-. The summed E-state index contributed by atoms with van der Waals surface area (Å²) in [6.45, 7) is 0.00229. The van der Waals surface area contributed by atoms with Crippen LogP contribution in [-0.2, 0) is 11.3 Å². The molecule has 0 spiro atoms. The molecular weight excluding hydrogens is 362 g/mol. The Hall–Kier alpha value is -4.06. The molecule has 6 heteroatoms. The van der Waals surface area contributed by atoms with Crippen LogP contribution >= 0.6 is 0 Å². The minimum atomic E-state index is -0.286. The molecule has 1 amide bonds. The lowest BCUT2D eigenvalue weighted by Gasteiger charge is -2.07. The SMILES string of the molecule is O=C(Cn1nc2ccccc2n1)N/N=C\c1c2ccccc2cc2ccccc12. The van der Waals surface area contributed by atoms with Gasteiger partial charge in [-0.15, -0.1) is 0 Å². The van der Waals surface area contributed by atoms with Crippen LogP contribution in [0.1, 0.15) is 5.56 Å². The number of fused-ring (bicyclic) bond motifs is 3. The summed E-state index contributed by atoms with van der Waals surface area (Å²) in [5, 5.41) is 17.2. The van der Waals surface area contributed by atoms with Gasteiger partial charge in [0, 0.05) is 5.56 Å². The number of carbonyl (C=O) groups is 1.